The molecule has 4 heterocycles. The molecule has 6 rings (SSSR count). The van der Waals surface area contributed by atoms with Crippen LogP contribution in [0, 0.1) is 0 Å². The number of carbonyl (C=O) groups excluding carboxylic acids is 1. The van der Waals surface area contributed by atoms with Crippen LogP contribution in [0.1, 0.15) is 31.7 Å². The van der Waals surface area contributed by atoms with E-state index in [0.29, 0.717) is 34.5 Å². The highest BCUT2D eigenvalue weighted by molar-refractivity contribution is 6.33. The predicted molar refractivity (Wildman–Crippen MR) is 134 cm³/mol. The quantitative estimate of drug-likeness (QED) is 0.482. The highest BCUT2D eigenvalue weighted by atomic mass is 35.5. The molecule has 36 heavy (non-hydrogen) atoms. The average molecular weight is 511 g/mol. The van der Waals surface area contributed by atoms with Gasteiger partial charge in [-0.05, 0) is 36.5 Å². The average Bonchev–Trinajstić information content (AvgIpc) is 3.55. The number of H-pyrrole nitrogens is 1. The summed E-state index contributed by atoms with van der Waals surface area (Å²) in [6.45, 7) is 2.12. The van der Waals surface area contributed by atoms with E-state index in [1.165, 1.54) is 5.57 Å². The maximum atomic E-state index is 11.3. The lowest BCUT2D eigenvalue weighted by atomic mass is 9.90. The summed E-state index contributed by atoms with van der Waals surface area (Å²) >= 11 is 6.59. The summed E-state index contributed by atoms with van der Waals surface area (Å²) in [7, 11) is 0. The van der Waals surface area contributed by atoms with Crippen molar-refractivity contribution in [3.05, 3.63) is 47.0 Å². The van der Waals surface area contributed by atoms with Gasteiger partial charge in [-0.15, -0.1) is 0 Å². The summed E-state index contributed by atoms with van der Waals surface area (Å²) in [4.78, 5) is 23.6. The number of amides is 1. The third kappa shape index (κ3) is 4.48. The number of carbonyl (C=O) groups is 1. The van der Waals surface area contributed by atoms with Crippen LogP contribution in [-0.4, -0.2) is 69.6 Å². The standard InChI is InChI=1S/C26H27ClN4O5/c1-13(32)28-17-8-6-15(7-9-17)14-2-4-16(5-3-14)22-18(27)10-19-25(30-22)31-26(29-19)36-21-12-35-23-20(33)11-34-24(21)23/h2-6,10,17,20-21,23-24,33H,7-9,11-12H2,1H3,(H,28,32)(H,29,30,31)/t17?,20-,21-,23-,24-/m1/s1. The Morgan fingerprint density at radius 1 is 1.17 bits per heavy atom. The van der Waals surface area contributed by atoms with Gasteiger partial charge in [-0.25, -0.2) is 4.98 Å². The van der Waals surface area contributed by atoms with Crippen LogP contribution in [0.15, 0.2) is 36.4 Å². The molecular formula is C26H27ClN4O5. The van der Waals surface area contributed by atoms with Gasteiger partial charge in [-0.1, -0.05) is 41.9 Å². The smallest absolute Gasteiger partial charge is 0.296 e. The Labute approximate surface area is 212 Å². The van der Waals surface area contributed by atoms with E-state index in [0.717, 1.165) is 30.4 Å². The van der Waals surface area contributed by atoms with Crippen LogP contribution in [0.5, 0.6) is 6.01 Å². The Kier molecular flexibility index (Phi) is 6.17. The van der Waals surface area contributed by atoms with Crippen molar-refractivity contribution in [2.75, 3.05) is 13.2 Å². The van der Waals surface area contributed by atoms with Crippen LogP contribution in [0.2, 0.25) is 5.02 Å². The first-order valence-electron chi connectivity index (χ1n) is 12.2. The molecular weight excluding hydrogens is 484 g/mol. The van der Waals surface area contributed by atoms with Gasteiger partial charge in [0.25, 0.3) is 6.01 Å². The van der Waals surface area contributed by atoms with Crippen molar-refractivity contribution in [3.8, 4) is 17.3 Å². The number of imidazole rings is 1. The molecule has 1 unspecified atom stereocenters. The number of nitrogens with one attached hydrogen (secondary N) is 2. The number of aliphatic hydroxyl groups is 1. The Morgan fingerprint density at radius 3 is 2.69 bits per heavy atom. The number of hydrogen-bond donors (Lipinski definition) is 3. The Morgan fingerprint density at radius 2 is 1.94 bits per heavy atom. The second-order valence-corrected chi connectivity index (χ2v) is 9.94. The van der Waals surface area contributed by atoms with Gasteiger partial charge in [-0.3, -0.25) is 4.79 Å². The van der Waals surface area contributed by atoms with Crippen molar-refractivity contribution < 1.29 is 24.1 Å². The molecule has 3 aliphatic rings. The van der Waals surface area contributed by atoms with E-state index in [9.17, 15) is 9.90 Å². The van der Waals surface area contributed by atoms with E-state index in [2.05, 4.69) is 38.5 Å². The number of fused-ring (bicyclic) bond motifs is 2. The molecule has 2 saturated heterocycles. The SMILES string of the molecule is CC(=O)NC1CC=C(c2ccc(-c3nc4nc(O[C@@H]5CO[C@H]6[C@@H]5OC[C@H]6O)[nH]c4cc3Cl)cc2)CC1. The minimum atomic E-state index is -0.635. The van der Waals surface area contributed by atoms with Crippen LogP contribution in [-0.2, 0) is 14.3 Å². The molecule has 0 saturated carbocycles. The second-order valence-electron chi connectivity index (χ2n) is 9.53. The number of aromatic amines is 1. The molecule has 10 heteroatoms. The maximum Gasteiger partial charge on any atom is 0.296 e. The molecule has 2 aromatic heterocycles. The normalized spacial score (nSPS) is 27.6. The third-order valence-electron chi connectivity index (χ3n) is 7.00. The first-order chi connectivity index (χ1) is 17.4. The summed E-state index contributed by atoms with van der Waals surface area (Å²) in [6.07, 6.45) is 3.20. The molecule has 0 spiro atoms. The van der Waals surface area contributed by atoms with Gasteiger partial charge in [0.05, 0.1) is 29.4 Å². The van der Waals surface area contributed by atoms with Gasteiger partial charge in [0, 0.05) is 18.5 Å². The highest BCUT2D eigenvalue weighted by Crippen LogP contribution is 2.33. The van der Waals surface area contributed by atoms with Gasteiger partial charge < -0.3 is 29.6 Å². The summed E-state index contributed by atoms with van der Waals surface area (Å²) in [5, 5.41) is 13.4. The number of aromatic nitrogens is 3. The fourth-order valence-electron chi connectivity index (χ4n) is 5.20. The monoisotopic (exact) mass is 510 g/mol. The number of ether oxygens (including phenoxy) is 3. The first-order valence-corrected chi connectivity index (χ1v) is 12.5. The number of hydrogen-bond acceptors (Lipinski definition) is 7. The molecule has 188 valence electrons. The van der Waals surface area contributed by atoms with E-state index >= 15 is 0 Å². The molecule has 3 aromatic rings. The fourth-order valence-corrected chi connectivity index (χ4v) is 5.46. The second kappa shape index (κ2) is 9.48. The maximum absolute atomic E-state index is 11.3. The first kappa shape index (κ1) is 23.4. The summed E-state index contributed by atoms with van der Waals surface area (Å²) in [5.41, 5.74) is 5.13. The molecule has 2 aliphatic heterocycles. The summed E-state index contributed by atoms with van der Waals surface area (Å²) in [5.74, 6) is 0.0157. The van der Waals surface area contributed by atoms with Gasteiger partial charge in [0.15, 0.2) is 11.8 Å². The molecule has 0 radical (unpaired) electrons. The minimum Gasteiger partial charge on any atom is -0.456 e. The van der Waals surface area contributed by atoms with Crippen LogP contribution < -0.4 is 10.1 Å². The molecule has 0 bridgehead atoms. The largest absolute Gasteiger partial charge is 0.456 e. The fraction of sp³-hybridized carbons (Fsp3) is 0.423. The van der Waals surface area contributed by atoms with E-state index < -0.39 is 6.10 Å². The Bertz CT molecular complexity index is 1320. The van der Waals surface area contributed by atoms with E-state index in [4.69, 9.17) is 25.8 Å². The topological polar surface area (TPSA) is 119 Å². The molecule has 3 N–H and O–H groups in total. The highest BCUT2D eigenvalue weighted by Gasteiger charge is 2.48. The molecule has 9 nitrogen and oxygen atoms in total. The number of allylic oxidation sites excluding steroid dienone is 1. The van der Waals surface area contributed by atoms with E-state index in [1.807, 2.05) is 12.1 Å². The molecule has 1 aromatic carbocycles. The zero-order valence-electron chi connectivity index (χ0n) is 19.7. The lowest BCUT2D eigenvalue weighted by Crippen LogP contribution is -2.34. The van der Waals surface area contributed by atoms with Crippen molar-refractivity contribution in [1.29, 1.82) is 0 Å². The lowest BCUT2D eigenvalue weighted by Gasteiger charge is -2.22. The zero-order chi connectivity index (χ0) is 24.8. The van der Waals surface area contributed by atoms with Crippen molar-refractivity contribution >= 4 is 34.2 Å². The van der Waals surface area contributed by atoms with Crippen molar-refractivity contribution in [1.82, 2.24) is 20.3 Å². The summed E-state index contributed by atoms with van der Waals surface area (Å²) < 4.78 is 17.2. The van der Waals surface area contributed by atoms with Crippen molar-refractivity contribution in [2.24, 2.45) is 0 Å². The van der Waals surface area contributed by atoms with E-state index in [-0.39, 0.29) is 36.9 Å². The molecule has 1 amide bonds. The van der Waals surface area contributed by atoms with Crippen LogP contribution in [0.4, 0.5) is 0 Å². The van der Waals surface area contributed by atoms with Crippen LogP contribution >= 0.6 is 11.6 Å². The van der Waals surface area contributed by atoms with Gasteiger partial charge >= 0.3 is 0 Å². The molecule has 1 aliphatic carbocycles. The van der Waals surface area contributed by atoms with Gasteiger partial charge in [0.2, 0.25) is 5.91 Å². The minimum absolute atomic E-state index is 0.0157. The van der Waals surface area contributed by atoms with E-state index in [1.54, 1.807) is 13.0 Å². The molecule has 5 atom stereocenters. The van der Waals surface area contributed by atoms with Crippen LogP contribution in [0.25, 0.3) is 28.0 Å². The Hall–Kier alpha value is -2.98. The number of nitrogens with zero attached hydrogens (tertiary/aromatic N) is 2. The van der Waals surface area contributed by atoms with Crippen molar-refractivity contribution in [2.45, 2.75) is 56.6 Å². The lowest BCUT2D eigenvalue weighted by molar-refractivity contribution is -0.119. The van der Waals surface area contributed by atoms with Crippen LogP contribution in [0.3, 0.4) is 0 Å². The number of benzene rings is 1. The van der Waals surface area contributed by atoms with Gasteiger partial charge in [0.1, 0.15) is 18.3 Å². The number of aliphatic hydroxyl groups excluding tert-OH is 1. The van der Waals surface area contributed by atoms with Gasteiger partial charge in [-0.2, -0.15) is 4.98 Å². The number of rotatable bonds is 5. The number of halogens is 1. The zero-order valence-corrected chi connectivity index (χ0v) is 20.5. The number of pyridine rings is 1. The predicted octanol–water partition coefficient (Wildman–Crippen LogP) is 3.26. The third-order valence-corrected chi connectivity index (χ3v) is 7.29. The van der Waals surface area contributed by atoms with Crippen molar-refractivity contribution in [3.63, 3.8) is 0 Å². The summed E-state index contributed by atoms with van der Waals surface area (Å²) in [6, 6.07) is 10.5. The Balaban J connectivity index is 1.18. The molecule has 2 fully saturated rings.